The molecular weight excluding hydrogens is 372 g/mol. The van der Waals surface area contributed by atoms with Crippen LogP contribution in [-0.4, -0.2) is 30.2 Å². The number of hydrogen-bond donors (Lipinski definition) is 1. The summed E-state index contributed by atoms with van der Waals surface area (Å²) in [6.07, 6.45) is 6.81. The molecule has 140 valence electrons. The first-order chi connectivity index (χ1) is 13.7. The molecule has 1 N–H and O–H groups in total. The first kappa shape index (κ1) is 18.0. The van der Waals surface area contributed by atoms with E-state index in [0.29, 0.717) is 12.1 Å². The Hall–Kier alpha value is -3.39. The standard InChI is InChI=1S/C20H18N6OS/c1-25-11-10-22-20(25)28-18-5-3-2-4-17(18)24-19(27)16-8-6-15(7-9-16)12-26-14-21-13-23-26/h2-11,13-14H,12H2,1H3,(H,24,27). The SMILES string of the molecule is Cn1ccnc1Sc1ccccc1NC(=O)c1ccc(Cn2cncn2)cc1. The Morgan fingerprint density at radius 1 is 1.14 bits per heavy atom. The maximum absolute atomic E-state index is 12.7. The Kier molecular flexibility index (Phi) is 5.20. The zero-order valence-electron chi connectivity index (χ0n) is 15.2. The topological polar surface area (TPSA) is 77.6 Å². The maximum atomic E-state index is 12.7. The van der Waals surface area contributed by atoms with Gasteiger partial charge in [0.2, 0.25) is 0 Å². The van der Waals surface area contributed by atoms with Crippen molar-refractivity contribution in [1.29, 1.82) is 0 Å². The minimum atomic E-state index is -0.153. The smallest absolute Gasteiger partial charge is 0.255 e. The lowest BCUT2D eigenvalue weighted by Crippen LogP contribution is -2.12. The van der Waals surface area contributed by atoms with Gasteiger partial charge in [-0.2, -0.15) is 5.10 Å². The largest absolute Gasteiger partial charge is 0.329 e. The lowest BCUT2D eigenvalue weighted by atomic mass is 10.1. The van der Waals surface area contributed by atoms with E-state index in [4.69, 9.17) is 0 Å². The van der Waals surface area contributed by atoms with E-state index in [0.717, 1.165) is 21.3 Å². The van der Waals surface area contributed by atoms with Crippen LogP contribution >= 0.6 is 11.8 Å². The number of carbonyl (C=O) groups excluding carboxylic acids is 1. The molecule has 7 nitrogen and oxygen atoms in total. The summed E-state index contributed by atoms with van der Waals surface area (Å²) >= 11 is 1.51. The molecule has 2 aromatic heterocycles. The summed E-state index contributed by atoms with van der Waals surface area (Å²) in [5.41, 5.74) is 2.40. The average Bonchev–Trinajstić information content (AvgIpc) is 3.36. The lowest BCUT2D eigenvalue weighted by molar-refractivity contribution is 0.102. The Balaban J connectivity index is 1.47. The van der Waals surface area contributed by atoms with Crippen LogP contribution in [0.15, 0.2) is 83.6 Å². The second-order valence-electron chi connectivity index (χ2n) is 6.16. The van der Waals surface area contributed by atoms with Gasteiger partial charge < -0.3 is 9.88 Å². The molecule has 0 aliphatic carbocycles. The van der Waals surface area contributed by atoms with Crippen molar-refractivity contribution >= 4 is 23.4 Å². The number of carbonyl (C=O) groups is 1. The number of aromatic nitrogens is 5. The molecular formula is C20H18N6OS. The highest BCUT2D eigenvalue weighted by Gasteiger charge is 2.11. The van der Waals surface area contributed by atoms with Crippen LogP contribution in [0, 0.1) is 0 Å². The second kappa shape index (κ2) is 8.10. The second-order valence-corrected chi connectivity index (χ2v) is 7.17. The van der Waals surface area contributed by atoms with Gasteiger partial charge in [-0.15, -0.1) is 0 Å². The molecule has 0 saturated carbocycles. The van der Waals surface area contributed by atoms with E-state index in [1.807, 2.05) is 66.3 Å². The molecule has 0 bridgehead atoms. The molecule has 2 aromatic carbocycles. The summed E-state index contributed by atoms with van der Waals surface area (Å²) in [5, 5.41) is 7.95. The van der Waals surface area contributed by atoms with E-state index in [1.54, 1.807) is 17.2 Å². The predicted octanol–water partition coefficient (Wildman–Crippen LogP) is 3.46. The normalized spacial score (nSPS) is 10.8. The fourth-order valence-corrected chi connectivity index (χ4v) is 3.56. The molecule has 0 saturated heterocycles. The van der Waals surface area contributed by atoms with Gasteiger partial charge in [-0.25, -0.2) is 14.6 Å². The fraction of sp³-hybridized carbons (Fsp3) is 0.100. The predicted molar refractivity (Wildman–Crippen MR) is 107 cm³/mol. The zero-order chi connectivity index (χ0) is 19.3. The van der Waals surface area contributed by atoms with Crippen LogP contribution in [0.25, 0.3) is 0 Å². The highest BCUT2D eigenvalue weighted by molar-refractivity contribution is 7.99. The summed E-state index contributed by atoms with van der Waals surface area (Å²) < 4.78 is 3.68. The van der Waals surface area contributed by atoms with Crippen molar-refractivity contribution in [2.45, 2.75) is 16.6 Å². The molecule has 8 heteroatoms. The Labute approximate surface area is 166 Å². The summed E-state index contributed by atoms with van der Waals surface area (Å²) in [6, 6.07) is 15.2. The molecule has 0 fully saturated rings. The molecule has 0 atom stereocenters. The Morgan fingerprint density at radius 3 is 2.68 bits per heavy atom. The number of nitrogens with zero attached hydrogens (tertiary/aromatic N) is 5. The summed E-state index contributed by atoms with van der Waals surface area (Å²) in [7, 11) is 1.94. The quantitative estimate of drug-likeness (QED) is 0.545. The monoisotopic (exact) mass is 390 g/mol. The van der Waals surface area contributed by atoms with Gasteiger partial charge in [-0.05, 0) is 41.6 Å². The minimum Gasteiger partial charge on any atom is -0.329 e. The third kappa shape index (κ3) is 4.12. The lowest BCUT2D eigenvalue weighted by Gasteiger charge is -2.11. The van der Waals surface area contributed by atoms with Gasteiger partial charge in [-0.1, -0.05) is 24.3 Å². The van der Waals surface area contributed by atoms with Gasteiger partial charge >= 0.3 is 0 Å². The molecule has 0 spiro atoms. The van der Waals surface area contributed by atoms with Gasteiger partial charge in [0.05, 0.1) is 12.2 Å². The molecule has 28 heavy (non-hydrogen) atoms. The molecule has 1 amide bonds. The van der Waals surface area contributed by atoms with Crippen LogP contribution in [-0.2, 0) is 13.6 Å². The van der Waals surface area contributed by atoms with Gasteiger partial charge in [0.1, 0.15) is 12.7 Å². The molecule has 4 rings (SSSR count). The van der Waals surface area contributed by atoms with Crippen LogP contribution in [0.2, 0.25) is 0 Å². The minimum absolute atomic E-state index is 0.153. The maximum Gasteiger partial charge on any atom is 0.255 e. The van der Waals surface area contributed by atoms with Gasteiger partial charge in [0.25, 0.3) is 5.91 Å². The van der Waals surface area contributed by atoms with Crippen molar-refractivity contribution in [2.24, 2.45) is 7.05 Å². The first-order valence-electron chi connectivity index (χ1n) is 8.66. The molecule has 0 aliphatic rings. The van der Waals surface area contributed by atoms with Crippen LogP contribution in [0.4, 0.5) is 5.69 Å². The van der Waals surface area contributed by atoms with E-state index in [2.05, 4.69) is 20.4 Å². The van der Waals surface area contributed by atoms with Gasteiger partial charge in [0.15, 0.2) is 5.16 Å². The molecule has 0 aliphatic heterocycles. The van der Waals surface area contributed by atoms with Crippen molar-refractivity contribution in [3.63, 3.8) is 0 Å². The van der Waals surface area contributed by atoms with E-state index in [1.165, 1.54) is 18.1 Å². The van der Waals surface area contributed by atoms with Crippen molar-refractivity contribution < 1.29 is 4.79 Å². The van der Waals surface area contributed by atoms with Gasteiger partial charge in [0, 0.05) is 29.9 Å². The number of benzene rings is 2. The van der Waals surface area contributed by atoms with Crippen molar-refractivity contribution in [3.05, 3.63) is 84.7 Å². The summed E-state index contributed by atoms with van der Waals surface area (Å²) in [4.78, 5) is 21.9. The third-order valence-electron chi connectivity index (χ3n) is 4.14. The van der Waals surface area contributed by atoms with Crippen LogP contribution < -0.4 is 5.32 Å². The zero-order valence-corrected chi connectivity index (χ0v) is 16.0. The number of amides is 1. The first-order valence-corrected chi connectivity index (χ1v) is 9.47. The van der Waals surface area contributed by atoms with E-state index in [-0.39, 0.29) is 5.91 Å². The van der Waals surface area contributed by atoms with E-state index in [9.17, 15) is 4.79 Å². The number of rotatable bonds is 6. The summed E-state index contributed by atoms with van der Waals surface area (Å²) in [5.74, 6) is -0.153. The van der Waals surface area contributed by atoms with Crippen molar-refractivity contribution in [3.8, 4) is 0 Å². The number of imidazole rings is 1. The van der Waals surface area contributed by atoms with Gasteiger partial charge in [-0.3, -0.25) is 4.79 Å². The molecule has 0 radical (unpaired) electrons. The number of aryl methyl sites for hydroxylation is 1. The summed E-state index contributed by atoms with van der Waals surface area (Å²) in [6.45, 7) is 0.616. The number of nitrogens with one attached hydrogen (secondary N) is 1. The number of hydrogen-bond acceptors (Lipinski definition) is 5. The molecule has 4 aromatic rings. The molecule has 0 unspecified atom stereocenters. The highest BCUT2D eigenvalue weighted by atomic mass is 32.2. The number of anilines is 1. The van der Waals surface area contributed by atoms with Crippen molar-refractivity contribution in [1.82, 2.24) is 24.3 Å². The molecule has 2 heterocycles. The number of para-hydroxylation sites is 1. The van der Waals surface area contributed by atoms with Crippen LogP contribution in [0.3, 0.4) is 0 Å². The van der Waals surface area contributed by atoms with Crippen LogP contribution in [0.1, 0.15) is 15.9 Å². The van der Waals surface area contributed by atoms with Crippen molar-refractivity contribution in [2.75, 3.05) is 5.32 Å². The Morgan fingerprint density at radius 2 is 1.96 bits per heavy atom. The average molecular weight is 390 g/mol. The van der Waals surface area contributed by atoms with E-state index < -0.39 is 0 Å². The highest BCUT2D eigenvalue weighted by Crippen LogP contribution is 2.32. The third-order valence-corrected chi connectivity index (χ3v) is 5.29. The Bertz CT molecular complexity index is 1070. The van der Waals surface area contributed by atoms with E-state index >= 15 is 0 Å². The fourth-order valence-electron chi connectivity index (χ4n) is 2.66. The van der Waals surface area contributed by atoms with Crippen LogP contribution in [0.5, 0.6) is 0 Å².